The molecular weight excluding hydrogens is 446 g/mol. The number of hydrogen-bond acceptors (Lipinski definition) is 5. The molecule has 1 saturated carbocycles. The Bertz CT molecular complexity index is 897. The quantitative estimate of drug-likeness (QED) is 0.439. The first-order valence-corrected chi connectivity index (χ1v) is 13.5. The monoisotopic (exact) mass is 485 g/mol. The lowest BCUT2D eigenvalue weighted by Gasteiger charge is -2.39. The summed E-state index contributed by atoms with van der Waals surface area (Å²) in [4.78, 5) is 47.0. The predicted molar refractivity (Wildman–Crippen MR) is 130 cm³/mol. The maximum absolute atomic E-state index is 14.2. The van der Waals surface area contributed by atoms with E-state index >= 15 is 0 Å². The predicted octanol–water partition coefficient (Wildman–Crippen LogP) is 1.88. The number of rotatable bonds is 7. The van der Waals surface area contributed by atoms with Crippen LogP contribution in [0.5, 0.6) is 0 Å². The summed E-state index contributed by atoms with van der Waals surface area (Å²) < 4.78 is 6.65. The van der Waals surface area contributed by atoms with E-state index in [1.165, 1.54) is 6.42 Å². The van der Waals surface area contributed by atoms with Crippen LogP contribution >= 0.6 is 0 Å². The number of unbranched alkanes of at least 4 members (excludes halogenated alkanes) is 3. The first kappa shape index (κ1) is 24.5. The van der Waals surface area contributed by atoms with Crippen LogP contribution in [0.15, 0.2) is 24.3 Å². The molecule has 1 N–H and O–H groups in total. The van der Waals surface area contributed by atoms with Crippen LogP contribution < -0.4 is 0 Å². The maximum atomic E-state index is 14.2. The van der Waals surface area contributed by atoms with Crippen LogP contribution in [0.2, 0.25) is 0 Å². The average Bonchev–Trinajstić information content (AvgIpc) is 3.18. The van der Waals surface area contributed by atoms with Crippen LogP contribution in [0, 0.1) is 11.8 Å². The van der Waals surface area contributed by atoms with Crippen molar-refractivity contribution in [3.63, 3.8) is 0 Å². The summed E-state index contributed by atoms with van der Waals surface area (Å²) >= 11 is 0. The molecule has 1 unspecified atom stereocenters. The van der Waals surface area contributed by atoms with Gasteiger partial charge in [0.25, 0.3) is 0 Å². The molecule has 192 valence electrons. The molecule has 0 aromatic carbocycles. The second kappa shape index (κ2) is 10.1. The van der Waals surface area contributed by atoms with Crippen molar-refractivity contribution < 1.29 is 24.2 Å². The van der Waals surface area contributed by atoms with Crippen molar-refractivity contribution in [2.75, 3.05) is 33.3 Å². The van der Waals surface area contributed by atoms with Crippen molar-refractivity contribution in [1.29, 1.82) is 0 Å². The lowest BCUT2D eigenvalue weighted by Crippen LogP contribution is -2.57. The summed E-state index contributed by atoms with van der Waals surface area (Å²) in [5.41, 5.74) is -1.11. The number of amides is 3. The van der Waals surface area contributed by atoms with Crippen LogP contribution in [0.1, 0.15) is 57.8 Å². The van der Waals surface area contributed by atoms with Crippen molar-refractivity contribution in [2.45, 2.75) is 81.6 Å². The SMILES string of the molecule is CN1CC=C[C@H]2O[C@]34C=CCN(C5CCCCC5)C(=O)C3N(CCCCCCO)C(=O)[C@@H]4[C@H]2C1=O. The minimum Gasteiger partial charge on any atom is -0.396 e. The molecule has 5 aliphatic rings. The number of carbonyl (C=O) groups is 3. The molecule has 5 atom stereocenters. The molecule has 0 bridgehead atoms. The second-order valence-electron chi connectivity index (χ2n) is 10.8. The second-order valence-corrected chi connectivity index (χ2v) is 10.8. The van der Waals surface area contributed by atoms with E-state index in [4.69, 9.17) is 9.84 Å². The lowest BCUT2D eigenvalue weighted by atomic mass is 9.77. The fraction of sp³-hybridized carbons (Fsp3) is 0.741. The Morgan fingerprint density at radius 2 is 1.74 bits per heavy atom. The molecule has 4 heterocycles. The van der Waals surface area contributed by atoms with Crippen molar-refractivity contribution in [3.05, 3.63) is 24.3 Å². The number of likely N-dealkylation sites (N-methyl/N-ethyl adjacent to an activating group) is 1. The van der Waals surface area contributed by atoms with Gasteiger partial charge >= 0.3 is 0 Å². The fourth-order valence-electron chi connectivity index (χ4n) is 6.99. The summed E-state index contributed by atoms with van der Waals surface area (Å²) in [5.74, 6) is -1.57. The molecule has 0 aromatic rings. The summed E-state index contributed by atoms with van der Waals surface area (Å²) in [6.45, 7) is 1.64. The maximum Gasteiger partial charge on any atom is 0.249 e. The van der Waals surface area contributed by atoms with Gasteiger partial charge in [0, 0.05) is 39.3 Å². The van der Waals surface area contributed by atoms with Gasteiger partial charge in [0.2, 0.25) is 17.7 Å². The molecule has 0 aromatic heterocycles. The number of aliphatic hydroxyl groups is 1. The normalized spacial score (nSPS) is 35.3. The summed E-state index contributed by atoms with van der Waals surface area (Å²) in [6.07, 6.45) is 16.0. The highest BCUT2D eigenvalue weighted by molar-refractivity contribution is 5.99. The highest BCUT2D eigenvalue weighted by Gasteiger charge is 2.71. The first-order chi connectivity index (χ1) is 17.0. The van der Waals surface area contributed by atoms with Crippen molar-refractivity contribution in [3.8, 4) is 0 Å². The number of carbonyl (C=O) groups excluding carboxylic acids is 3. The zero-order valence-electron chi connectivity index (χ0n) is 20.8. The number of aliphatic hydroxyl groups excluding tert-OH is 1. The number of ether oxygens (including phenoxy) is 1. The minimum absolute atomic E-state index is 0.0330. The molecule has 8 heteroatoms. The van der Waals surface area contributed by atoms with Gasteiger partial charge in [-0.15, -0.1) is 0 Å². The van der Waals surface area contributed by atoms with Crippen molar-refractivity contribution in [2.24, 2.45) is 11.8 Å². The highest BCUT2D eigenvalue weighted by Crippen LogP contribution is 2.53. The molecule has 1 spiro atoms. The third-order valence-corrected chi connectivity index (χ3v) is 8.71. The van der Waals surface area contributed by atoms with Gasteiger partial charge < -0.3 is 24.5 Å². The third kappa shape index (κ3) is 4.12. The van der Waals surface area contributed by atoms with Gasteiger partial charge in [-0.05, 0) is 25.7 Å². The van der Waals surface area contributed by atoms with E-state index in [1.807, 2.05) is 29.2 Å². The van der Waals surface area contributed by atoms with E-state index in [2.05, 4.69) is 0 Å². The number of nitrogens with zero attached hydrogens (tertiary/aromatic N) is 3. The van der Waals surface area contributed by atoms with Crippen LogP contribution in [0.4, 0.5) is 0 Å². The Balaban J connectivity index is 1.49. The van der Waals surface area contributed by atoms with Gasteiger partial charge in [-0.3, -0.25) is 14.4 Å². The summed E-state index contributed by atoms with van der Waals surface area (Å²) in [5, 5.41) is 9.10. The standard InChI is InChI=1S/C27H39N3O5/c1-28-15-9-13-20-21(24(28)32)22-25(33)30(16-7-2-3-8-18-31)23-26(34)29(19-11-5-4-6-12-19)17-10-14-27(22,23)35-20/h9-10,13-14,19-23,31H,2-8,11-12,15-18H2,1H3/t20-,21+,22+,23?,27+/m1/s1. The molecule has 8 nitrogen and oxygen atoms in total. The zero-order chi connectivity index (χ0) is 24.6. The highest BCUT2D eigenvalue weighted by atomic mass is 16.5. The van der Waals surface area contributed by atoms with Gasteiger partial charge in [-0.25, -0.2) is 0 Å². The molecule has 5 rings (SSSR count). The Kier molecular flexibility index (Phi) is 7.04. The molecule has 3 amide bonds. The van der Waals surface area contributed by atoms with Gasteiger partial charge in [-0.1, -0.05) is 56.4 Å². The number of likely N-dealkylation sites (tertiary alicyclic amines) is 1. The minimum atomic E-state index is -1.11. The molecule has 2 saturated heterocycles. The summed E-state index contributed by atoms with van der Waals surface area (Å²) in [6, 6.07) is -0.548. The van der Waals surface area contributed by atoms with Crippen molar-refractivity contribution >= 4 is 17.7 Å². The van der Waals surface area contributed by atoms with Gasteiger partial charge in [0.15, 0.2) is 0 Å². The van der Waals surface area contributed by atoms with E-state index < -0.39 is 29.6 Å². The van der Waals surface area contributed by atoms with E-state index in [0.29, 0.717) is 19.6 Å². The zero-order valence-corrected chi connectivity index (χ0v) is 20.8. The van der Waals surface area contributed by atoms with Crippen LogP contribution in [-0.4, -0.2) is 94.6 Å². The van der Waals surface area contributed by atoms with Crippen LogP contribution in [0.25, 0.3) is 0 Å². The van der Waals surface area contributed by atoms with Crippen LogP contribution in [-0.2, 0) is 19.1 Å². The fourth-order valence-corrected chi connectivity index (χ4v) is 6.99. The van der Waals surface area contributed by atoms with Crippen molar-refractivity contribution in [1.82, 2.24) is 14.7 Å². The molecule has 3 fully saturated rings. The topological polar surface area (TPSA) is 90.4 Å². The largest absolute Gasteiger partial charge is 0.396 e. The third-order valence-electron chi connectivity index (χ3n) is 8.71. The Morgan fingerprint density at radius 1 is 0.971 bits per heavy atom. The van der Waals surface area contributed by atoms with E-state index in [-0.39, 0.29) is 30.4 Å². The smallest absolute Gasteiger partial charge is 0.249 e. The van der Waals surface area contributed by atoms with E-state index in [1.54, 1.807) is 16.8 Å². The average molecular weight is 486 g/mol. The first-order valence-electron chi connectivity index (χ1n) is 13.5. The van der Waals surface area contributed by atoms with Gasteiger partial charge in [0.1, 0.15) is 11.6 Å². The number of fused-ring (bicyclic) bond motifs is 2. The number of hydrogen-bond donors (Lipinski definition) is 1. The molecule has 0 radical (unpaired) electrons. The van der Waals surface area contributed by atoms with Gasteiger partial charge in [-0.2, -0.15) is 0 Å². The summed E-state index contributed by atoms with van der Waals surface area (Å²) in [7, 11) is 1.76. The Morgan fingerprint density at radius 3 is 2.51 bits per heavy atom. The molecular formula is C27H39N3O5. The molecule has 35 heavy (non-hydrogen) atoms. The van der Waals surface area contributed by atoms with Crippen LogP contribution in [0.3, 0.4) is 0 Å². The van der Waals surface area contributed by atoms with E-state index in [0.717, 1.165) is 51.4 Å². The molecule has 1 aliphatic carbocycles. The van der Waals surface area contributed by atoms with Gasteiger partial charge in [0.05, 0.1) is 17.9 Å². The lowest BCUT2D eigenvalue weighted by molar-refractivity contribution is -0.149. The Hall–Kier alpha value is -2.19. The Labute approximate surface area is 207 Å². The molecule has 4 aliphatic heterocycles. The van der Waals surface area contributed by atoms with E-state index in [9.17, 15) is 14.4 Å².